The summed E-state index contributed by atoms with van der Waals surface area (Å²) in [7, 11) is 0. The highest BCUT2D eigenvalue weighted by molar-refractivity contribution is 6.29. The zero-order chi connectivity index (χ0) is 13.0. The number of carbonyl (C=O) groups excluding carboxylic acids is 1. The van der Waals surface area contributed by atoms with Gasteiger partial charge in [-0.2, -0.15) is 0 Å². The van der Waals surface area contributed by atoms with Crippen molar-refractivity contribution in [3.8, 4) is 5.75 Å². The Morgan fingerprint density at radius 2 is 1.94 bits per heavy atom. The van der Waals surface area contributed by atoms with Crippen LogP contribution < -0.4 is 10.5 Å². The third-order valence-corrected chi connectivity index (χ3v) is 2.57. The van der Waals surface area contributed by atoms with E-state index in [1.807, 2.05) is 0 Å². The van der Waals surface area contributed by atoms with Gasteiger partial charge in [0.15, 0.2) is 0 Å². The lowest BCUT2D eigenvalue weighted by Gasteiger charge is -2.06. The molecule has 18 heavy (non-hydrogen) atoms. The average Bonchev–Trinajstić information content (AvgIpc) is 2.38. The number of hydrogen-bond acceptors (Lipinski definition) is 3. The fourth-order valence-electron chi connectivity index (χ4n) is 1.38. The Morgan fingerprint density at radius 3 is 2.50 bits per heavy atom. The van der Waals surface area contributed by atoms with Crippen molar-refractivity contribution in [3.05, 3.63) is 58.9 Å². The molecule has 0 fully saturated rings. The molecule has 2 N–H and O–H groups in total. The Balaban J connectivity index is 1.97. The number of aromatic nitrogens is 1. The van der Waals surface area contributed by atoms with Crippen LogP contribution in [0.2, 0.25) is 5.15 Å². The van der Waals surface area contributed by atoms with Gasteiger partial charge in [-0.15, -0.1) is 0 Å². The van der Waals surface area contributed by atoms with Crippen molar-refractivity contribution < 1.29 is 9.53 Å². The lowest BCUT2D eigenvalue weighted by atomic mass is 10.1. The van der Waals surface area contributed by atoms with Crippen molar-refractivity contribution in [2.45, 2.75) is 6.61 Å². The highest BCUT2D eigenvalue weighted by Gasteiger charge is 2.01. The molecule has 92 valence electrons. The Bertz CT molecular complexity index is 538. The van der Waals surface area contributed by atoms with Crippen LogP contribution in [0.4, 0.5) is 0 Å². The first-order valence-electron chi connectivity index (χ1n) is 5.28. The molecule has 0 saturated carbocycles. The second-order valence-corrected chi connectivity index (χ2v) is 4.05. The van der Waals surface area contributed by atoms with Gasteiger partial charge in [0.05, 0.1) is 6.20 Å². The fourth-order valence-corrected chi connectivity index (χ4v) is 1.49. The first-order chi connectivity index (χ1) is 8.65. The molecule has 0 atom stereocenters. The SMILES string of the molecule is NC(=O)c1ccc(COc2ccc(Cl)nc2)cc1. The van der Waals surface area contributed by atoms with E-state index in [9.17, 15) is 4.79 Å². The molecular weight excluding hydrogens is 252 g/mol. The van der Waals surface area contributed by atoms with Crippen LogP contribution in [0, 0.1) is 0 Å². The minimum atomic E-state index is -0.440. The maximum Gasteiger partial charge on any atom is 0.248 e. The number of nitrogens with zero attached hydrogens (tertiary/aromatic N) is 1. The lowest BCUT2D eigenvalue weighted by Crippen LogP contribution is -2.10. The monoisotopic (exact) mass is 262 g/mol. The molecule has 0 aliphatic carbocycles. The van der Waals surface area contributed by atoms with Crippen molar-refractivity contribution in [1.82, 2.24) is 4.98 Å². The van der Waals surface area contributed by atoms with E-state index in [-0.39, 0.29) is 0 Å². The summed E-state index contributed by atoms with van der Waals surface area (Å²) in [6, 6.07) is 10.3. The first kappa shape index (κ1) is 12.4. The predicted molar refractivity (Wildman–Crippen MR) is 68.5 cm³/mol. The molecule has 2 aromatic rings. The highest BCUT2D eigenvalue weighted by atomic mass is 35.5. The van der Waals surface area contributed by atoms with Gasteiger partial charge >= 0.3 is 0 Å². The Kier molecular flexibility index (Phi) is 3.79. The highest BCUT2D eigenvalue weighted by Crippen LogP contribution is 2.14. The molecular formula is C13H11ClN2O2. The molecule has 0 radical (unpaired) electrons. The summed E-state index contributed by atoms with van der Waals surface area (Å²) in [5.41, 5.74) is 6.57. The molecule has 1 amide bonds. The van der Waals surface area contributed by atoms with Gasteiger partial charge in [0.2, 0.25) is 5.91 Å². The third-order valence-electron chi connectivity index (χ3n) is 2.34. The van der Waals surface area contributed by atoms with E-state index in [0.29, 0.717) is 23.1 Å². The number of nitrogens with two attached hydrogens (primary N) is 1. The summed E-state index contributed by atoms with van der Waals surface area (Å²) < 4.78 is 5.51. The van der Waals surface area contributed by atoms with Crippen molar-refractivity contribution in [3.63, 3.8) is 0 Å². The largest absolute Gasteiger partial charge is 0.487 e. The van der Waals surface area contributed by atoms with Crippen LogP contribution >= 0.6 is 11.6 Å². The lowest BCUT2D eigenvalue weighted by molar-refractivity contribution is 0.1000. The molecule has 1 aromatic carbocycles. The molecule has 0 bridgehead atoms. The number of halogens is 1. The van der Waals surface area contributed by atoms with Crippen LogP contribution in [0.1, 0.15) is 15.9 Å². The average molecular weight is 263 g/mol. The standard InChI is InChI=1S/C13H11ClN2O2/c14-12-6-5-11(7-16-12)18-8-9-1-3-10(4-2-9)13(15)17/h1-7H,8H2,(H2,15,17). The van der Waals surface area contributed by atoms with Gasteiger partial charge in [0, 0.05) is 5.56 Å². The van der Waals surface area contributed by atoms with E-state index in [2.05, 4.69) is 4.98 Å². The van der Waals surface area contributed by atoms with Crippen LogP contribution in [-0.4, -0.2) is 10.9 Å². The zero-order valence-electron chi connectivity index (χ0n) is 9.47. The number of pyridine rings is 1. The van der Waals surface area contributed by atoms with E-state index >= 15 is 0 Å². The molecule has 0 aliphatic heterocycles. The molecule has 4 nitrogen and oxygen atoms in total. The van der Waals surface area contributed by atoms with Gasteiger partial charge in [-0.25, -0.2) is 4.98 Å². The molecule has 0 unspecified atom stereocenters. The predicted octanol–water partition coefficient (Wildman–Crippen LogP) is 2.41. The van der Waals surface area contributed by atoms with Crippen LogP contribution in [-0.2, 0) is 6.61 Å². The Hall–Kier alpha value is -2.07. The van der Waals surface area contributed by atoms with E-state index in [1.165, 1.54) is 0 Å². The minimum absolute atomic E-state index is 0.391. The molecule has 5 heteroatoms. The number of amides is 1. The Labute approximate surface area is 109 Å². The number of hydrogen-bond donors (Lipinski definition) is 1. The summed E-state index contributed by atoms with van der Waals surface area (Å²) in [6.07, 6.45) is 1.56. The number of rotatable bonds is 4. The third kappa shape index (κ3) is 3.21. The van der Waals surface area contributed by atoms with Crippen LogP contribution in [0.15, 0.2) is 42.6 Å². The summed E-state index contributed by atoms with van der Waals surface area (Å²) in [6.45, 7) is 0.391. The van der Waals surface area contributed by atoms with Gasteiger partial charge in [0.25, 0.3) is 0 Å². The molecule has 0 saturated heterocycles. The van der Waals surface area contributed by atoms with E-state index in [1.54, 1.807) is 42.6 Å². The van der Waals surface area contributed by atoms with Gasteiger partial charge in [-0.05, 0) is 29.8 Å². The van der Waals surface area contributed by atoms with Crippen molar-refractivity contribution >= 4 is 17.5 Å². The maximum atomic E-state index is 10.9. The van der Waals surface area contributed by atoms with Crippen LogP contribution in [0.5, 0.6) is 5.75 Å². The summed E-state index contributed by atoms with van der Waals surface area (Å²) in [5, 5.41) is 0.424. The molecule has 0 spiro atoms. The number of benzene rings is 1. The van der Waals surface area contributed by atoms with Crippen molar-refractivity contribution in [1.29, 1.82) is 0 Å². The van der Waals surface area contributed by atoms with Crippen LogP contribution in [0.25, 0.3) is 0 Å². The van der Waals surface area contributed by atoms with Crippen molar-refractivity contribution in [2.75, 3.05) is 0 Å². The van der Waals surface area contributed by atoms with E-state index in [4.69, 9.17) is 22.1 Å². The summed E-state index contributed by atoms with van der Waals surface area (Å²) in [5.74, 6) is 0.197. The zero-order valence-corrected chi connectivity index (χ0v) is 10.2. The van der Waals surface area contributed by atoms with Gasteiger partial charge in [-0.1, -0.05) is 23.7 Å². The maximum absolute atomic E-state index is 10.9. The smallest absolute Gasteiger partial charge is 0.248 e. The fraction of sp³-hybridized carbons (Fsp3) is 0.0769. The normalized spacial score (nSPS) is 10.1. The van der Waals surface area contributed by atoms with Gasteiger partial charge in [0.1, 0.15) is 17.5 Å². The second-order valence-electron chi connectivity index (χ2n) is 3.67. The quantitative estimate of drug-likeness (QED) is 0.861. The number of carbonyl (C=O) groups is 1. The van der Waals surface area contributed by atoms with Crippen LogP contribution in [0.3, 0.4) is 0 Å². The second kappa shape index (κ2) is 5.51. The molecule has 1 aromatic heterocycles. The van der Waals surface area contributed by atoms with Gasteiger partial charge < -0.3 is 10.5 Å². The number of primary amides is 1. The topological polar surface area (TPSA) is 65.2 Å². The molecule has 0 aliphatic rings. The molecule has 2 rings (SSSR count). The van der Waals surface area contributed by atoms with Crippen molar-refractivity contribution in [2.24, 2.45) is 5.73 Å². The van der Waals surface area contributed by atoms with E-state index < -0.39 is 5.91 Å². The summed E-state index contributed by atoms with van der Waals surface area (Å²) in [4.78, 5) is 14.8. The minimum Gasteiger partial charge on any atom is -0.487 e. The van der Waals surface area contributed by atoms with E-state index in [0.717, 1.165) is 5.56 Å². The van der Waals surface area contributed by atoms with Gasteiger partial charge in [-0.3, -0.25) is 4.79 Å². The Morgan fingerprint density at radius 1 is 1.22 bits per heavy atom. The number of ether oxygens (including phenoxy) is 1. The summed E-state index contributed by atoms with van der Waals surface area (Å²) >= 11 is 5.67. The first-order valence-corrected chi connectivity index (χ1v) is 5.66. The molecule has 1 heterocycles.